The molecule has 1 heterocycles. The molecule has 84 valence electrons. The predicted molar refractivity (Wildman–Crippen MR) is 65.8 cm³/mol. The second-order valence-electron chi connectivity index (χ2n) is 4.30. The van der Waals surface area contributed by atoms with Crippen molar-refractivity contribution in [1.29, 1.82) is 0 Å². The van der Waals surface area contributed by atoms with Gasteiger partial charge in [-0.25, -0.2) is 0 Å². The summed E-state index contributed by atoms with van der Waals surface area (Å²) in [7, 11) is 0. The maximum atomic E-state index is 5.84. The summed E-state index contributed by atoms with van der Waals surface area (Å²) in [6.45, 7) is 5.69. The third-order valence-corrected chi connectivity index (χ3v) is 3.96. The summed E-state index contributed by atoms with van der Waals surface area (Å²) >= 11 is 1.94. The van der Waals surface area contributed by atoms with E-state index in [9.17, 15) is 0 Å². The van der Waals surface area contributed by atoms with Crippen molar-refractivity contribution in [2.75, 3.05) is 31.6 Å². The molecule has 1 aliphatic heterocycles. The lowest BCUT2D eigenvalue weighted by molar-refractivity contribution is 0.107. The first-order valence-corrected chi connectivity index (χ1v) is 7.12. The minimum absolute atomic E-state index is 0.644. The highest BCUT2D eigenvalue weighted by molar-refractivity contribution is 7.98. The van der Waals surface area contributed by atoms with E-state index in [4.69, 9.17) is 5.73 Å². The van der Waals surface area contributed by atoms with Crippen molar-refractivity contribution >= 4 is 11.8 Å². The first-order valence-electron chi connectivity index (χ1n) is 5.72. The van der Waals surface area contributed by atoms with Gasteiger partial charge in [0.25, 0.3) is 0 Å². The molecule has 0 spiro atoms. The second kappa shape index (κ2) is 6.70. The Kier molecular flexibility index (Phi) is 5.90. The molecule has 0 aromatic rings. The van der Waals surface area contributed by atoms with Crippen molar-refractivity contribution in [3.8, 4) is 0 Å². The number of hydrogen-bond acceptors (Lipinski definition) is 3. The van der Waals surface area contributed by atoms with Crippen LogP contribution in [0.4, 0.5) is 0 Å². The van der Waals surface area contributed by atoms with E-state index in [2.05, 4.69) is 18.1 Å². The summed E-state index contributed by atoms with van der Waals surface area (Å²) in [5.74, 6) is 2.07. The maximum Gasteiger partial charge on any atom is 0.0244 e. The van der Waals surface area contributed by atoms with Gasteiger partial charge in [0.1, 0.15) is 0 Å². The van der Waals surface area contributed by atoms with Crippen LogP contribution in [0.3, 0.4) is 0 Å². The van der Waals surface area contributed by atoms with Crippen molar-refractivity contribution in [2.24, 2.45) is 11.7 Å². The van der Waals surface area contributed by atoms with Crippen LogP contribution in [0.15, 0.2) is 0 Å². The molecule has 1 fully saturated rings. The fourth-order valence-corrected chi connectivity index (χ4v) is 2.82. The van der Waals surface area contributed by atoms with E-state index < -0.39 is 0 Å². The Hall–Kier alpha value is 0.270. The topological polar surface area (TPSA) is 29.3 Å². The van der Waals surface area contributed by atoms with Gasteiger partial charge in [-0.1, -0.05) is 6.92 Å². The third-order valence-electron chi connectivity index (χ3n) is 3.27. The predicted octanol–water partition coefficient (Wildman–Crippen LogP) is 1.80. The van der Waals surface area contributed by atoms with Crippen molar-refractivity contribution in [2.45, 2.75) is 32.2 Å². The van der Waals surface area contributed by atoms with Gasteiger partial charge in [0.15, 0.2) is 0 Å². The molecule has 0 aromatic heterocycles. The highest BCUT2D eigenvalue weighted by Crippen LogP contribution is 2.22. The van der Waals surface area contributed by atoms with Crippen molar-refractivity contribution in [3.05, 3.63) is 0 Å². The van der Waals surface area contributed by atoms with E-state index in [0.29, 0.717) is 6.04 Å². The molecule has 2 unspecified atom stereocenters. The van der Waals surface area contributed by atoms with Crippen LogP contribution in [-0.4, -0.2) is 42.6 Å². The smallest absolute Gasteiger partial charge is 0.0244 e. The maximum absolute atomic E-state index is 5.84. The monoisotopic (exact) mass is 216 g/mol. The van der Waals surface area contributed by atoms with Crippen LogP contribution in [-0.2, 0) is 0 Å². The van der Waals surface area contributed by atoms with Gasteiger partial charge in [-0.3, -0.25) is 4.90 Å². The summed E-state index contributed by atoms with van der Waals surface area (Å²) in [4.78, 5) is 2.60. The Bertz CT molecular complexity index is 152. The molecule has 0 aliphatic carbocycles. The molecule has 1 aliphatic rings. The number of rotatable bonds is 5. The minimum atomic E-state index is 0.644. The van der Waals surface area contributed by atoms with Gasteiger partial charge >= 0.3 is 0 Å². The van der Waals surface area contributed by atoms with Gasteiger partial charge in [0, 0.05) is 12.6 Å². The Morgan fingerprint density at radius 2 is 2.29 bits per heavy atom. The number of nitrogens with zero attached hydrogens (tertiary/aromatic N) is 1. The van der Waals surface area contributed by atoms with Crippen LogP contribution in [0.25, 0.3) is 0 Å². The van der Waals surface area contributed by atoms with Crippen LogP contribution in [0.2, 0.25) is 0 Å². The van der Waals surface area contributed by atoms with Gasteiger partial charge in [-0.15, -0.1) is 0 Å². The normalized spacial score (nSPS) is 29.4. The SMILES string of the molecule is CSCCCN1CCCC(C)C1CN. The quantitative estimate of drug-likeness (QED) is 0.711. The molecular weight excluding hydrogens is 192 g/mol. The Labute approximate surface area is 92.6 Å². The van der Waals surface area contributed by atoms with E-state index in [1.165, 1.54) is 38.1 Å². The van der Waals surface area contributed by atoms with Crippen LogP contribution in [0, 0.1) is 5.92 Å². The molecule has 3 heteroatoms. The summed E-state index contributed by atoms with van der Waals surface area (Å²) in [6, 6.07) is 0.644. The fourth-order valence-electron chi connectivity index (χ4n) is 2.41. The molecule has 1 rings (SSSR count). The van der Waals surface area contributed by atoms with Gasteiger partial charge in [0.2, 0.25) is 0 Å². The molecular formula is C11H24N2S. The summed E-state index contributed by atoms with van der Waals surface area (Å²) < 4.78 is 0. The fraction of sp³-hybridized carbons (Fsp3) is 1.00. The van der Waals surface area contributed by atoms with Crippen LogP contribution in [0.5, 0.6) is 0 Å². The third kappa shape index (κ3) is 3.44. The first-order chi connectivity index (χ1) is 6.79. The van der Waals surface area contributed by atoms with Gasteiger partial charge in [-0.05, 0) is 50.3 Å². The van der Waals surface area contributed by atoms with Crippen molar-refractivity contribution in [3.63, 3.8) is 0 Å². The Morgan fingerprint density at radius 3 is 2.93 bits per heavy atom. The van der Waals surface area contributed by atoms with Crippen LogP contribution >= 0.6 is 11.8 Å². The Morgan fingerprint density at radius 1 is 1.50 bits per heavy atom. The zero-order chi connectivity index (χ0) is 10.4. The summed E-state index contributed by atoms with van der Waals surface area (Å²) in [6.07, 6.45) is 6.21. The first kappa shape index (κ1) is 12.3. The molecule has 0 saturated carbocycles. The van der Waals surface area contributed by atoms with Gasteiger partial charge < -0.3 is 5.73 Å². The number of likely N-dealkylation sites (tertiary alicyclic amines) is 1. The van der Waals surface area contributed by atoms with E-state index >= 15 is 0 Å². The lowest BCUT2D eigenvalue weighted by Gasteiger charge is -2.39. The van der Waals surface area contributed by atoms with Crippen molar-refractivity contribution < 1.29 is 0 Å². The summed E-state index contributed by atoms with van der Waals surface area (Å²) in [5, 5.41) is 0. The average Bonchev–Trinajstić information content (AvgIpc) is 2.18. The van der Waals surface area contributed by atoms with Crippen molar-refractivity contribution in [1.82, 2.24) is 4.90 Å². The molecule has 0 bridgehead atoms. The highest BCUT2D eigenvalue weighted by Gasteiger charge is 2.26. The number of nitrogens with two attached hydrogens (primary N) is 1. The summed E-state index contributed by atoms with van der Waals surface area (Å²) in [5.41, 5.74) is 5.84. The van der Waals surface area contributed by atoms with Gasteiger partial charge in [0.05, 0.1) is 0 Å². The zero-order valence-corrected chi connectivity index (χ0v) is 10.4. The molecule has 14 heavy (non-hydrogen) atoms. The van der Waals surface area contributed by atoms with Crippen LogP contribution in [0.1, 0.15) is 26.2 Å². The number of thioether (sulfide) groups is 1. The lowest BCUT2D eigenvalue weighted by atomic mass is 9.91. The molecule has 0 radical (unpaired) electrons. The largest absolute Gasteiger partial charge is 0.329 e. The minimum Gasteiger partial charge on any atom is -0.329 e. The number of piperidine rings is 1. The number of hydrogen-bond donors (Lipinski definition) is 1. The standard InChI is InChI=1S/C11H24N2S/c1-10-5-3-6-13(11(10)9-12)7-4-8-14-2/h10-11H,3-9,12H2,1-2H3. The van der Waals surface area contributed by atoms with E-state index in [-0.39, 0.29) is 0 Å². The van der Waals surface area contributed by atoms with Crippen LogP contribution < -0.4 is 5.73 Å². The zero-order valence-electron chi connectivity index (χ0n) is 9.54. The molecule has 0 aromatic carbocycles. The molecule has 2 atom stereocenters. The molecule has 0 amide bonds. The highest BCUT2D eigenvalue weighted by atomic mass is 32.2. The molecule has 1 saturated heterocycles. The average molecular weight is 216 g/mol. The van der Waals surface area contributed by atoms with Gasteiger partial charge in [-0.2, -0.15) is 11.8 Å². The lowest BCUT2D eigenvalue weighted by Crippen LogP contribution is -2.48. The van der Waals surface area contributed by atoms with E-state index in [1.54, 1.807) is 0 Å². The van der Waals surface area contributed by atoms with E-state index in [0.717, 1.165) is 12.5 Å². The molecule has 2 N–H and O–H groups in total. The Balaban J connectivity index is 2.32. The second-order valence-corrected chi connectivity index (χ2v) is 5.29. The molecule has 2 nitrogen and oxygen atoms in total. The van der Waals surface area contributed by atoms with E-state index in [1.807, 2.05) is 11.8 Å².